The van der Waals surface area contributed by atoms with E-state index in [9.17, 15) is 14.9 Å². The molecule has 0 atom stereocenters. The molecule has 0 N–H and O–H groups in total. The molecule has 0 aliphatic carbocycles. The number of non-ortho nitro benzene ring substituents is 1. The van der Waals surface area contributed by atoms with E-state index >= 15 is 0 Å². The van der Waals surface area contributed by atoms with E-state index in [-0.39, 0.29) is 5.69 Å². The molecule has 0 saturated heterocycles. The molecule has 2 aromatic heterocycles. The Morgan fingerprint density at radius 2 is 1.96 bits per heavy atom. The number of thiazole rings is 1. The van der Waals surface area contributed by atoms with Gasteiger partial charge >= 0.3 is 0 Å². The third kappa shape index (κ3) is 2.85. The lowest BCUT2D eigenvalue weighted by atomic mass is 10.1. The molecule has 8 heteroatoms. The molecule has 0 fully saturated rings. The zero-order valence-corrected chi connectivity index (χ0v) is 15.0. The van der Waals surface area contributed by atoms with Crippen molar-refractivity contribution >= 4 is 28.3 Å². The van der Waals surface area contributed by atoms with Crippen molar-refractivity contribution in [2.75, 3.05) is 7.11 Å². The van der Waals surface area contributed by atoms with Crippen molar-refractivity contribution in [2.45, 2.75) is 0 Å². The minimum Gasteiger partial charge on any atom is -0.497 e. The number of rotatable bonds is 5. The molecule has 7 nitrogen and oxygen atoms in total. The lowest BCUT2D eigenvalue weighted by Crippen LogP contribution is -1.95. The molecule has 0 spiro atoms. The van der Waals surface area contributed by atoms with Crippen molar-refractivity contribution in [2.24, 2.45) is 0 Å². The number of aromatic nitrogens is 2. The Morgan fingerprint density at radius 1 is 1.19 bits per heavy atom. The van der Waals surface area contributed by atoms with Gasteiger partial charge in [0.1, 0.15) is 17.1 Å². The van der Waals surface area contributed by atoms with Gasteiger partial charge in [0, 0.05) is 28.6 Å². The van der Waals surface area contributed by atoms with Gasteiger partial charge in [-0.25, -0.2) is 4.98 Å². The number of nitro groups is 1. The highest BCUT2D eigenvalue weighted by molar-refractivity contribution is 7.15. The molecular formula is C19H13N3O4S. The molecule has 0 aliphatic rings. The number of carbonyl (C=O) groups is 1. The Bertz CT molecular complexity index is 1160. The van der Waals surface area contributed by atoms with Gasteiger partial charge in [-0.3, -0.25) is 19.3 Å². The smallest absolute Gasteiger partial charge is 0.270 e. The number of nitrogens with zero attached hydrogens (tertiary/aromatic N) is 3. The molecule has 0 unspecified atom stereocenters. The maximum Gasteiger partial charge on any atom is 0.270 e. The summed E-state index contributed by atoms with van der Waals surface area (Å²) >= 11 is 1.37. The van der Waals surface area contributed by atoms with Gasteiger partial charge in [0.15, 0.2) is 11.2 Å². The zero-order valence-electron chi connectivity index (χ0n) is 14.2. The number of carbonyl (C=O) groups excluding carboxylic acids is 1. The summed E-state index contributed by atoms with van der Waals surface area (Å²) in [5.41, 5.74) is 3.09. The summed E-state index contributed by atoms with van der Waals surface area (Å²) in [6, 6.07) is 13.6. The molecule has 134 valence electrons. The van der Waals surface area contributed by atoms with E-state index in [4.69, 9.17) is 4.74 Å². The molecule has 27 heavy (non-hydrogen) atoms. The van der Waals surface area contributed by atoms with Crippen LogP contribution in [0.2, 0.25) is 0 Å². The van der Waals surface area contributed by atoms with Gasteiger partial charge < -0.3 is 4.74 Å². The second kappa shape index (κ2) is 6.65. The van der Waals surface area contributed by atoms with Crippen LogP contribution in [0.1, 0.15) is 10.5 Å². The number of fused-ring (bicyclic) bond motifs is 1. The third-order valence-electron chi connectivity index (χ3n) is 4.23. The van der Waals surface area contributed by atoms with Gasteiger partial charge in [0.25, 0.3) is 5.69 Å². The minimum atomic E-state index is -0.440. The van der Waals surface area contributed by atoms with E-state index in [2.05, 4.69) is 4.98 Å². The van der Waals surface area contributed by atoms with Crippen LogP contribution in [0, 0.1) is 10.1 Å². The van der Waals surface area contributed by atoms with Crippen molar-refractivity contribution in [3.63, 3.8) is 0 Å². The topological polar surface area (TPSA) is 86.7 Å². The lowest BCUT2D eigenvalue weighted by molar-refractivity contribution is -0.384. The minimum absolute atomic E-state index is 0.00463. The lowest BCUT2D eigenvalue weighted by Gasteiger charge is -2.04. The fourth-order valence-electron chi connectivity index (χ4n) is 2.93. The Labute approximate surface area is 157 Å². The number of aldehydes is 1. The quantitative estimate of drug-likeness (QED) is 0.290. The first kappa shape index (κ1) is 16.9. The largest absolute Gasteiger partial charge is 0.497 e. The van der Waals surface area contributed by atoms with Crippen LogP contribution in [0.25, 0.3) is 27.5 Å². The summed E-state index contributed by atoms with van der Waals surface area (Å²) in [4.78, 5) is 27.7. The van der Waals surface area contributed by atoms with Gasteiger partial charge in [-0.15, -0.1) is 11.3 Å². The zero-order chi connectivity index (χ0) is 19.0. The molecule has 0 bridgehead atoms. The van der Waals surface area contributed by atoms with Crippen LogP contribution in [-0.4, -0.2) is 27.7 Å². The maximum atomic E-state index is 11.9. The van der Waals surface area contributed by atoms with E-state index in [1.807, 2.05) is 17.5 Å². The van der Waals surface area contributed by atoms with Crippen LogP contribution in [0.15, 0.2) is 53.9 Å². The fraction of sp³-hybridized carbons (Fsp3) is 0.0526. The number of methoxy groups -OCH3 is 1. The average molecular weight is 379 g/mol. The molecule has 0 aliphatic heterocycles. The van der Waals surface area contributed by atoms with E-state index < -0.39 is 4.92 Å². The van der Waals surface area contributed by atoms with E-state index in [0.29, 0.717) is 33.4 Å². The predicted molar refractivity (Wildman–Crippen MR) is 103 cm³/mol. The standard InChI is InChI=1S/C19H13N3O4S/c1-26-15-7-5-12(6-8-15)18-16(10-23)21-17(11-27-19(21)20-18)13-3-2-4-14(9-13)22(24)25/h2-11H,1H3. The number of hydrogen-bond donors (Lipinski definition) is 0. The Kier molecular flexibility index (Phi) is 4.17. The number of ether oxygens (including phenoxy) is 1. The molecule has 2 heterocycles. The first-order valence-corrected chi connectivity index (χ1v) is 8.84. The van der Waals surface area contributed by atoms with Crippen molar-refractivity contribution in [3.05, 3.63) is 69.7 Å². The number of benzene rings is 2. The SMILES string of the molecule is COc1ccc(-c2nc3scc(-c4cccc([N+](=O)[O-])c4)n3c2C=O)cc1. The van der Waals surface area contributed by atoms with Gasteiger partial charge in [-0.2, -0.15) is 0 Å². The predicted octanol–water partition coefficient (Wildman–Crippen LogP) is 4.46. The van der Waals surface area contributed by atoms with Crippen LogP contribution in [0.4, 0.5) is 5.69 Å². The highest BCUT2D eigenvalue weighted by Gasteiger charge is 2.19. The molecule has 4 aromatic rings. The first-order chi connectivity index (χ1) is 13.1. The molecule has 0 radical (unpaired) electrons. The normalized spacial score (nSPS) is 10.9. The first-order valence-electron chi connectivity index (χ1n) is 7.96. The number of imidazole rings is 1. The summed E-state index contributed by atoms with van der Waals surface area (Å²) in [5, 5.41) is 12.9. The molecule has 0 amide bonds. The second-order valence-electron chi connectivity index (χ2n) is 5.74. The van der Waals surface area contributed by atoms with Gasteiger partial charge in [0.2, 0.25) is 0 Å². The summed E-state index contributed by atoms with van der Waals surface area (Å²) in [6.07, 6.45) is 0.757. The van der Waals surface area contributed by atoms with Gasteiger partial charge in [0.05, 0.1) is 17.7 Å². The summed E-state index contributed by atoms with van der Waals surface area (Å²) in [7, 11) is 1.59. The van der Waals surface area contributed by atoms with E-state index in [0.717, 1.165) is 11.8 Å². The summed E-state index contributed by atoms with van der Waals surface area (Å²) < 4.78 is 6.90. The van der Waals surface area contributed by atoms with Gasteiger partial charge in [-0.1, -0.05) is 12.1 Å². The monoisotopic (exact) mass is 379 g/mol. The van der Waals surface area contributed by atoms with Crippen molar-refractivity contribution in [1.29, 1.82) is 0 Å². The van der Waals surface area contributed by atoms with E-state index in [1.54, 1.807) is 35.8 Å². The number of nitro benzene ring substituents is 1. The van der Waals surface area contributed by atoms with E-state index in [1.165, 1.54) is 23.5 Å². The average Bonchev–Trinajstić information content (AvgIpc) is 3.27. The molecule has 2 aromatic carbocycles. The highest BCUT2D eigenvalue weighted by atomic mass is 32.1. The summed E-state index contributed by atoms with van der Waals surface area (Å²) in [5.74, 6) is 0.713. The Balaban J connectivity index is 1.89. The molecule has 0 saturated carbocycles. The molecular weight excluding hydrogens is 366 g/mol. The van der Waals surface area contributed by atoms with Crippen LogP contribution < -0.4 is 4.74 Å². The maximum absolute atomic E-state index is 11.9. The van der Waals surface area contributed by atoms with Crippen LogP contribution in [-0.2, 0) is 0 Å². The van der Waals surface area contributed by atoms with Gasteiger partial charge in [-0.05, 0) is 24.3 Å². The van der Waals surface area contributed by atoms with Crippen molar-refractivity contribution in [3.8, 4) is 28.3 Å². The van der Waals surface area contributed by atoms with Crippen LogP contribution >= 0.6 is 11.3 Å². The Morgan fingerprint density at radius 3 is 2.63 bits per heavy atom. The van der Waals surface area contributed by atoms with Crippen molar-refractivity contribution < 1.29 is 14.5 Å². The second-order valence-corrected chi connectivity index (χ2v) is 6.57. The highest BCUT2D eigenvalue weighted by Crippen LogP contribution is 2.33. The van der Waals surface area contributed by atoms with Crippen LogP contribution in [0.5, 0.6) is 5.75 Å². The Hall–Kier alpha value is -3.52. The summed E-state index contributed by atoms with van der Waals surface area (Å²) in [6.45, 7) is 0. The molecule has 4 rings (SSSR count). The third-order valence-corrected chi connectivity index (χ3v) is 5.05. The fourth-order valence-corrected chi connectivity index (χ4v) is 3.84. The number of hydrogen-bond acceptors (Lipinski definition) is 6. The van der Waals surface area contributed by atoms with Crippen LogP contribution in [0.3, 0.4) is 0 Å². The van der Waals surface area contributed by atoms with Crippen molar-refractivity contribution in [1.82, 2.24) is 9.38 Å².